The van der Waals surface area contributed by atoms with Crippen LogP contribution in [0.3, 0.4) is 0 Å². The third-order valence-corrected chi connectivity index (χ3v) is 2.26. The molecule has 72 valence electrons. The molecule has 3 heteroatoms. The van der Waals surface area contributed by atoms with Gasteiger partial charge in [-0.3, -0.25) is 0 Å². The summed E-state index contributed by atoms with van der Waals surface area (Å²) in [6.45, 7) is 2.07. The normalized spacial score (nSPS) is 10.4. The smallest absolute Gasteiger partial charge is 0.241 e. The molecule has 0 unspecified atom stereocenters. The van der Waals surface area contributed by atoms with Gasteiger partial charge in [0.2, 0.25) is 5.88 Å². The Morgan fingerprint density at radius 1 is 1.14 bits per heavy atom. The molecule has 0 radical (unpaired) electrons. The second kappa shape index (κ2) is 3.62. The number of rotatable bonds is 2. The fourth-order valence-electron chi connectivity index (χ4n) is 1.55. The Morgan fingerprint density at radius 3 is 2.50 bits per heavy atom. The quantitative estimate of drug-likeness (QED) is 0.724. The van der Waals surface area contributed by atoms with E-state index in [2.05, 4.69) is 17.1 Å². The van der Waals surface area contributed by atoms with E-state index in [-0.39, 0.29) is 0 Å². The summed E-state index contributed by atoms with van der Waals surface area (Å²) in [4.78, 5) is 0. The summed E-state index contributed by atoms with van der Waals surface area (Å²) in [5.41, 5.74) is 1.02. The van der Waals surface area contributed by atoms with E-state index in [9.17, 15) is 0 Å². The van der Waals surface area contributed by atoms with Crippen molar-refractivity contribution in [2.24, 2.45) is 0 Å². The molecule has 0 amide bonds. The third-order valence-electron chi connectivity index (χ3n) is 2.26. The Labute approximate surface area is 82.7 Å². The topological polar surface area (TPSA) is 35.0 Å². The van der Waals surface area contributed by atoms with E-state index in [0.717, 1.165) is 22.9 Å². The summed E-state index contributed by atoms with van der Waals surface area (Å²) < 4.78 is 5.15. The highest BCUT2D eigenvalue weighted by molar-refractivity contribution is 5.88. The van der Waals surface area contributed by atoms with E-state index < -0.39 is 0 Å². The zero-order valence-electron chi connectivity index (χ0n) is 8.32. The van der Waals surface area contributed by atoms with Crippen LogP contribution in [0.2, 0.25) is 0 Å². The largest absolute Gasteiger partial charge is 0.479 e. The second-order valence-electron chi connectivity index (χ2n) is 3.06. The van der Waals surface area contributed by atoms with E-state index in [4.69, 9.17) is 4.74 Å². The van der Waals surface area contributed by atoms with Gasteiger partial charge in [0.15, 0.2) is 0 Å². The van der Waals surface area contributed by atoms with Crippen LogP contribution in [0.15, 0.2) is 24.3 Å². The molecule has 1 aromatic heterocycles. The van der Waals surface area contributed by atoms with E-state index in [0.29, 0.717) is 5.88 Å². The van der Waals surface area contributed by atoms with Gasteiger partial charge >= 0.3 is 0 Å². The molecule has 0 atom stereocenters. The molecule has 0 aliphatic carbocycles. The second-order valence-corrected chi connectivity index (χ2v) is 3.06. The minimum atomic E-state index is 0.595. The number of hydrogen-bond acceptors (Lipinski definition) is 3. The molecule has 0 saturated heterocycles. The fraction of sp³-hybridized carbons (Fsp3) is 0.273. The summed E-state index contributed by atoms with van der Waals surface area (Å²) in [5, 5.41) is 10.3. The van der Waals surface area contributed by atoms with E-state index in [1.165, 1.54) is 0 Å². The monoisotopic (exact) mass is 188 g/mol. The highest BCUT2D eigenvalue weighted by Crippen LogP contribution is 2.24. The average molecular weight is 188 g/mol. The number of aromatic nitrogens is 2. The lowest BCUT2D eigenvalue weighted by Gasteiger charge is -2.05. The van der Waals surface area contributed by atoms with Crippen molar-refractivity contribution < 1.29 is 4.74 Å². The van der Waals surface area contributed by atoms with Crippen molar-refractivity contribution in [2.45, 2.75) is 13.3 Å². The maximum absolute atomic E-state index is 5.15. The molecule has 2 rings (SSSR count). The highest BCUT2D eigenvalue weighted by Gasteiger charge is 2.06. The SMILES string of the molecule is CCc1nnc(OC)c2ccccc12. The molecule has 14 heavy (non-hydrogen) atoms. The number of ether oxygens (including phenoxy) is 1. The molecule has 0 bridgehead atoms. The van der Waals surface area contributed by atoms with E-state index in [1.807, 2.05) is 24.3 Å². The summed E-state index contributed by atoms with van der Waals surface area (Å²) >= 11 is 0. The van der Waals surface area contributed by atoms with Gasteiger partial charge in [0, 0.05) is 10.8 Å². The molecule has 0 aliphatic heterocycles. The van der Waals surface area contributed by atoms with Gasteiger partial charge in [-0.15, -0.1) is 5.10 Å². The molecule has 0 spiro atoms. The molecule has 1 heterocycles. The first-order chi connectivity index (χ1) is 6.86. The first-order valence-electron chi connectivity index (χ1n) is 4.65. The third kappa shape index (κ3) is 1.31. The molecule has 0 aliphatic rings. The lowest BCUT2D eigenvalue weighted by Crippen LogP contribution is -1.97. The predicted octanol–water partition coefficient (Wildman–Crippen LogP) is 2.20. The lowest BCUT2D eigenvalue weighted by atomic mass is 10.1. The Hall–Kier alpha value is -1.64. The van der Waals surface area contributed by atoms with Crippen LogP contribution >= 0.6 is 0 Å². The van der Waals surface area contributed by atoms with Crippen molar-refractivity contribution in [1.29, 1.82) is 0 Å². The summed E-state index contributed by atoms with van der Waals surface area (Å²) in [6.07, 6.45) is 0.886. The van der Waals surface area contributed by atoms with Crippen LogP contribution in [0.5, 0.6) is 5.88 Å². The van der Waals surface area contributed by atoms with E-state index in [1.54, 1.807) is 7.11 Å². The van der Waals surface area contributed by atoms with Crippen molar-refractivity contribution in [3.05, 3.63) is 30.0 Å². The van der Waals surface area contributed by atoms with Crippen molar-refractivity contribution in [1.82, 2.24) is 10.2 Å². The van der Waals surface area contributed by atoms with Gasteiger partial charge in [0.25, 0.3) is 0 Å². The predicted molar refractivity (Wildman–Crippen MR) is 55.5 cm³/mol. The minimum Gasteiger partial charge on any atom is -0.479 e. The van der Waals surface area contributed by atoms with Crippen LogP contribution in [-0.2, 0) is 6.42 Å². The van der Waals surface area contributed by atoms with E-state index >= 15 is 0 Å². The number of hydrogen-bond donors (Lipinski definition) is 0. The summed E-state index contributed by atoms with van der Waals surface area (Å²) in [5.74, 6) is 0.595. The van der Waals surface area contributed by atoms with Gasteiger partial charge < -0.3 is 4.74 Å². The molecule has 0 saturated carbocycles. The maximum Gasteiger partial charge on any atom is 0.241 e. The van der Waals surface area contributed by atoms with Crippen LogP contribution < -0.4 is 4.74 Å². The Morgan fingerprint density at radius 2 is 1.86 bits per heavy atom. The fourth-order valence-corrected chi connectivity index (χ4v) is 1.55. The van der Waals surface area contributed by atoms with Crippen LogP contribution in [0.1, 0.15) is 12.6 Å². The standard InChI is InChI=1S/C11H12N2O/c1-3-10-8-6-4-5-7-9(8)11(14-2)13-12-10/h4-7H,3H2,1-2H3. The molecule has 2 aromatic rings. The van der Waals surface area contributed by atoms with Gasteiger partial charge in [-0.25, -0.2) is 0 Å². The average Bonchev–Trinajstić information content (AvgIpc) is 2.27. The van der Waals surface area contributed by atoms with Gasteiger partial charge in [0.1, 0.15) is 0 Å². The Bertz CT molecular complexity index is 411. The van der Waals surface area contributed by atoms with Crippen LogP contribution in [0.25, 0.3) is 10.8 Å². The first kappa shape index (κ1) is 8.94. The minimum absolute atomic E-state index is 0.595. The van der Waals surface area contributed by atoms with Gasteiger partial charge in [-0.1, -0.05) is 25.1 Å². The lowest BCUT2D eigenvalue weighted by molar-refractivity contribution is 0.397. The molecule has 0 N–H and O–H groups in total. The number of nitrogens with zero attached hydrogens (tertiary/aromatic N) is 2. The van der Waals surface area contributed by atoms with Crippen LogP contribution in [-0.4, -0.2) is 17.3 Å². The van der Waals surface area contributed by atoms with Crippen molar-refractivity contribution in [2.75, 3.05) is 7.11 Å². The summed E-state index contributed by atoms with van der Waals surface area (Å²) in [6, 6.07) is 8.03. The van der Waals surface area contributed by atoms with Crippen molar-refractivity contribution in [3.8, 4) is 5.88 Å². The molecular weight excluding hydrogens is 176 g/mol. The van der Waals surface area contributed by atoms with Gasteiger partial charge in [-0.2, -0.15) is 5.10 Å². The van der Waals surface area contributed by atoms with Crippen molar-refractivity contribution >= 4 is 10.8 Å². The maximum atomic E-state index is 5.15. The highest BCUT2D eigenvalue weighted by atomic mass is 16.5. The van der Waals surface area contributed by atoms with Gasteiger partial charge in [-0.05, 0) is 12.5 Å². The number of benzene rings is 1. The van der Waals surface area contributed by atoms with Gasteiger partial charge in [0.05, 0.1) is 12.8 Å². The summed E-state index contributed by atoms with van der Waals surface area (Å²) in [7, 11) is 1.61. The zero-order chi connectivity index (χ0) is 9.97. The zero-order valence-corrected chi connectivity index (χ0v) is 8.32. The molecular formula is C11H12N2O. The van der Waals surface area contributed by atoms with Crippen LogP contribution in [0.4, 0.5) is 0 Å². The Balaban J connectivity index is 2.78. The number of fused-ring (bicyclic) bond motifs is 1. The molecule has 3 nitrogen and oxygen atoms in total. The molecule has 1 aromatic carbocycles. The molecule has 0 fully saturated rings. The van der Waals surface area contributed by atoms with Crippen molar-refractivity contribution in [3.63, 3.8) is 0 Å². The Kier molecular flexibility index (Phi) is 2.31. The number of aryl methyl sites for hydroxylation is 1. The van der Waals surface area contributed by atoms with Crippen LogP contribution in [0, 0.1) is 0 Å². The number of methoxy groups -OCH3 is 1. The first-order valence-corrected chi connectivity index (χ1v) is 4.65.